The van der Waals surface area contributed by atoms with Crippen LogP contribution >= 0.6 is 11.8 Å². The summed E-state index contributed by atoms with van der Waals surface area (Å²) < 4.78 is 30.8. The number of nitrogens with one attached hydrogen (secondary N) is 1. The Bertz CT molecular complexity index is 1180. The van der Waals surface area contributed by atoms with E-state index in [0.717, 1.165) is 41.5 Å². The molecule has 4 rings (SSSR count). The second-order valence-corrected chi connectivity index (χ2v) is 9.05. The molecule has 182 valence electrons. The molecule has 35 heavy (non-hydrogen) atoms. The van der Waals surface area contributed by atoms with Gasteiger partial charge in [0.2, 0.25) is 5.91 Å². The van der Waals surface area contributed by atoms with Gasteiger partial charge >= 0.3 is 0 Å². The number of halogens is 1. The van der Waals surface area contributed by atoms with Gasteiger partial charge in [0.1, 0.15) is 34.1 Å². The number of thioether (sulfide) groups is 1. The van der Waals surface area contributed by atoms with Gasteiger partial charge in [-0.15, -0.1) is 0 Å². The Kier molecular flexibility index (Phi) is 8.26. The number of carbonyl (C=O) groups excluding carboxylic acids is 2. The topological polar surface area (TPSA) is 73.9 Å². The summed E-state index contributed by atoms with van der Waals surface area (Å²) in [4.78, 5) is 23.3. The minimum Gasteiger partial charge on any atom is -0.493 e. The SMILES string of the molecule is CCCc1cc(Oc2ccc(F)cc2)ccc1OCCCOc1cccc([C@@H]2SC(=O)NC2=O)c1. The molecular weight excluding hydrogens is 469 g/mol. The van der Waals surface area contributed by atoms with Crippen LogP contribution in [0.2, 0.25) is 0 Å². The number of amides is 2. The summed E-state index contributed by atoms with van der Waals surface area (Å²) in [6.07, 6.45) is 2.47. The minimum absolute atomic E-state index is 0.303. The fraction of sp³-hybridized carbons (Fsp3) is 0.259. The lowest BCUT2D eigenvalue weighted by molar-refractivity contribution is -0.119. The molecule has 0 saturated carbocycles. The lowest BCUT2D eigenvalue weighted by Crippen LogP contribution is -2.20. The molecule has 1 N–H and O–H groups in total. The molecule has 3 aromatic rings. The van der Waals surface area contributed by atoms with Gasteiger partial charge in [-0.3, -0.25) is 14.9 Å². The molecule has 0 aromatic heterocycles. The number of carbonyl (C=O) groups is 2. The molecule has 1 aliphatic rings. The van der Waals surface area contributed by atoms with Gasteiger partial charge in [0.15, 0.2) is 0 Å². The maximum atomic E-state index is 13.1. The van der Waals surface area contributed by atoms with Crippen molar-refractivity contribution in [1.82, 2.24) is 5.32 Å². The van der Waals surface area contributed by atoms with Crippen LogP contribution in [0.4, 0.5) is 9.18 Å². The average Bonchev–Trinajstić information content (AvgIpc) is 3.20. The Morgan fingerprint density at radius 1 is 0.914 bits per heavy atom. The molecule has 1 heterocycles. The van der Waals surface area contributed by atoms with Crippen molar-refractivity contribution in [3.8, 4) is 23.0 Å². The molecule has 6 nitrogen and oxygen atoms in total. The number of hydrogen-bond acceptors (Lipinski definition) is 6. The van der Waals surface area contributed by atoms with Crippen LogP contribution < -0.4 is 19.5 Å². The van der Waals surface area contributed by atoms with Crippen LogP contribution in [0.25, 0.3) is 0 Å². The third kappa shape index (κ3) is 6.76. The van der Waals surface area contributed by atoms with Crippen molar-refractivity contribution in [2.75, 3.05) is 13.2 Å². The monoisotopic (exact) mass is 495 g/mol. The molecule has 2 amide bonds. The summed E-state index contributed by atoms with van der Waals surface area (Å²) in [5, 5.41) is 1.42. The van der Waals surface area contributed by atoms with Crippen molar-refractivity contribution in [1.29, 1.82) is 0 Å². The molecule has 0 radical (unpaired) electrons. The van der Waals surface area contributed by atoms with Gasteiger partial charge in [0.05, 0.1) is 13.2 Å². The van der Waals surface area contributed by atoms with Crippen molar-refractivity contribution in [3.63, 3.8) is 0 Å². The van der Waals surface area contributed by atoms with Crippen LogP contribution in [0, 0.1) is 5.82 Å². The standard InChI is InChI=1S/C27H26FNO5S/c1-2-5-18-16-23(34-21-10-8-20(28)9-11-21)12-13-24(18)33-15-4-14-32-22-7-3-6-19(17-22)25-26(30)29-27(31)35-25/h3,6-13,16-17,25H,2,4-5,14-15H2,1H3,(H,29,30,31)/t25-/m0/s1. The summed E-state index contributed by atoms with van der Waals surface area (Å²) in [5.74, 6) is 2.08. The number of benzene rings is 3. The predicted molar refractivity (Wildman–Crippen MR) is 133 cm³/mol. The van der Waals surface area contributed by atoms with E-state index in [9.17, 15) is 14.0 Å². The zero-order valence-corrected chi connectivity index (χ0v) is 20.1. The molecule has 1 saturated heterocycles. The lowest BCUT2D eigenvalue weighted by atomic mass is 10.1. The zero-order valence-electron chi connectivity index (χ0n) is 19.3. The van der Waals surface area contributed by atoms with Crippen molar-refractivity contribution < 1.29 is 28.2 Å². The van der Waals surface area contributed by atoms with Gasteiger partial charge in [-0.1, -0.05) is 25.5 Å². The minimum atomic E-state index is -0.540. The first kappa shape index (κ1) is 24.6. The van der Waals surface area contributed by atoms with E-state index < -0.39 is 5.25 Å². The first-order valence-corrected chi connectivity index (χ1v) is 12.3. The van der Waals surface area contributed by atoms with Gasteiger partial charge in [0.25, 0.3) is 5.24 Å². The molecular formula is C27H26FNO5S. The summed E-state index contributed by atoms with van der Waals surface area (Å²) in [7, 11) is 0. The van der Waals surface area contributed by atoms with E-state index in [-0.39, 0.29) is 17.0 Å². The summed E-state index contributed by atoms with van der Waals surface area (Å²) >= 11 is 0.973. The fourth-order valence-electron chi connectivity index (χ4n) is 3.64. The first-order chi connectivity index (χ1) is 17.0. The Balaban J connectivity index is 1.28. The second-order valence-electron chi connectivity index (χ2n) is 7.97. The third-order valence-corrected chi connectivity index (χ3v) is 6.30. The van der Waals surface area contributed by atoms with Crippen LogP contribution in [0.3, 0.4) is 0 Å². The van der Waals surface area contributed by atoms with Gasteiger partial charge in [0, 0.05) is 6.42 Å². The smallest absolute Gasteiger partial charge is 0.286 e. The Morgan fingerprint density at radius 3 is 2.43 bits per heavy atom. The largest absolute Gasteiger partial charge is 0.493 e. The van der Waals surface area contributed by atoms with Gasteiger partial charge in [-0.25, -0.2) is 4.39 Å². The van der Waals surface area contributed by atoms with Gasteiger partial charge < -0.3 is 14.2 Å². The Labute approximate surface area is 207 Å². The molecule has 0 spiro atoms. The fourth-order valence-corrected chi connectivity index (χ4v) is 4.46. The molecule has 3 aromatic carbocycles. The van der Waals surface area contributed by atoms with Crippen LogP contribution in [0.1, 0.15) is 36.1 Å². The molecule has 0 unspecified atom stereocenters. The molecule has 0 bridgehead atoms. The van der Waals surface area contributed by atoms with Crippen molar-refractivity contribution >= 4 is 22.9 Å². The van der Waals surface area contributed by atoms with E-state index in [4.69, 9.17) is 14.2 Å². The van der Waals surface area contributed by atoms with E-state index in [1.54, 1.807) is 18.2 Å². The quantitative estimate of drug-likeness (QED) is 0.309. The van der Waals surface area contributed by atoms with E-state index in [1.807, 2.05) is 36.4 Å². The molecule has 0 aliphatic carbocycles. The van der Waals surface area contributed by atoms with Crippen molar-refractivity contribution in [2.45, 2.75) is 31.4 Å². The number of ether oxygens (including phenoxy) is 3. The first-order valence-electron chi connectivity index (χ1n) is 11.4. The molecule has 1 atom stereocenters. The van der Waals surface area contributed by atoms with Crippen LogP contribution in [-0.2, 0) is 11.2 Å². The third-order valence-electron chi connectivity index (χ3n) is 5.26. The maximum absolute atomic E-state index is 13.1. The van der Waals surface area contributed by atoms with E-state index in [0.29, 0.717) is 36.9 Å². The summed E-state index contributed by atoms with van der Waals surface area (Å²) in [6, 6.07) is 18.8. The lowest BCUT2D eigenvalue weighted by Gasteiger charge is -2.14. The number of hydrogen-bond donors (Lipinski definition) is 1. The molecule has 1 fully saturated rings. The van der Waals surface area contributed by atoms with Gasteiger partial charge in [-0.2, -0.15) is 0 Å². The average molecular weight is 496 g/mol. The van der Waals surface area contributed by atoms with E-state index in [1.165, 1.54) is 12.1 Å². The molecule has 8 heteroatoms. The van der Waals surface area contributed by atoms with Crippen LogP contribution in [-0.4, -0.2) is 24.4 Å². The number of imide groups is 1. The van der Waals surface area contributed by atoms with Crippen LogP contribution in [0.5, 0.6) is 23.0 Å². The zero-order chi connectivity index (χ0) is 24.6. The second kappa shape index (κ2) is 11.8. The summed E-state index contributed by atoms with van der Waals surface area (Å²) in [5.41, 5.74) is 1.78. The molecule has 1 aliphatic heterocycles. The maximum Gasteiger partial charge on any atom is 0.286 e. The highest BCUT2D eigenvalue weighted by molar-refractivity contribution is 8.15. The summed E-state index contributed by atoms with van der Waals surface area (Å²) in [6.45, 7) is 3.02. The highest BCUT2D eigenvalue weighted by Gasteiger charge is 2.33. The number of aryl methyl sites for hydroxylation is 1. The Hall–Kier alpha value is -3.52. The van der Waals surface area contributed by atoms with Crippen LogP contribution in [0.15, 0.2) is 66.7 Å². The van der Waals surface area contributed by atoms with E-state index >= 15 is 0 Å². The highest BCUT2D eigenvalue weighted by atomic mass is 32.2. The number of rotatable bonds is 11. The normalized spacial score (nSPS) is 15.1. The predicted octanol–water partition coefficient (Wildman–Crippen LogP) is 6.44. The Morgan fingerprint density at radius 2 is 1.69 bits per heavy atom. The highest BCUT2D eigenvalue weighted by Crippen LogP contribution is 2.35. The van der Waals surface area contributed by atoms with Crippen molar-refractivity contribution in [3.05, 3.63) is 83.7 Å². The van der Waals surface area contributed by atoms with E-state index in [2.05, 4.69) is 12.2 Å². The van der Waals surface area contributed by atoms with Gasteiger partial charge in [-0.05, 0) is 83.9 Å². The van der Waals surface area contributed by atoms with Crippen molar-refractivity contribution in [2.24, 2.45) is 0 Å².